The highest BCUT2D eigenvalue weighted by Crippen LogP contribution is 2.12. The average Bonchev–Trinajstić information content (AvgIpc) is 2.32. The predicted octanol–water partition coefficient (Wildman–Crippen LogP) is 1.09. The van der Waals surface area contributed by atoms with E-state index < -0.39 is 6.10 Å². The quantitative estimate of drug-likeness (QED) is 0.733. The zero-order valence-corrected chi connectivity index (χ0v) is 9.65. The van der Waals surface area contributed by atoms with Crippen LogP contribution in [0.2, 0.25) is 0 Å². The lowest BCUT2D eigenvalue weighted by atomic mass is 10.3. The van der Waals surface area contributed by atoms with Crippen molar-refractivity contribution in [3.8, 4) is 5.75 Å². The van der Waals surface area contributed by atoms with Crippen molar-refractivity contribution in [2.45, 2.75) is 19.4 Å². The molecule has 0 saturated heterocycles. The third-order valence-corrected chi connectivity index (χ3v) is 2.13. The summed E-state index contributed by atoms with van der Waals surface area (Å²) >= 11 is 0. The minimum absolute atomic E-state index is 0.0352. The van der Waals surface area contributed by atoms with Crippen molar-refractivity contribution in [3.63, 3.8) is 0 Å². The van der Waals surface area contributed by atoms with E-state index in [1.807, 2.05) is 0 Å². The van der Waals surface area contributed by atoms with Crippen LogP contribution in [0.25, 0.3) is 0 Å². The maximum atomic E-state index is 12.6. The van der Waals surface area contributed by atoms with Gasteiger partial charge in [0.1, 0.15) is 11.6 Å². The summed E-state index contributed by atoms with van der Waals surface area (Å²) in [6.07, 6.45) is -0.145. The lowest BCUT2D eigenvalue weighted by molar-refractivity contribution is -0.127. The lowest BCUT2D eigenvalue weighted by Crippen LogP contribution is -2.37. The molecule has 0 heterocycles. The molecule has 1 aromatic rings. The van der Waals surface area contributed by atoms with Crippen LogP contribution in [0.4, 0.5) is 4.39 Å². The number of halogens is 1. The van der Waals surface area contributed by atoms with Crippen LogP contribution in [0.5, 0.6) is 5.75 Å². The molecule has 1 amide bonds. The third kappa shape index (κ3) is 4.82. The standard InChI is InChI=1S/C12H16FNO3/c1-9(12(16)14-7-2-8-15)17-11-5-3-10(13)4-6-11/h3-6,9,15H,2,7-8H2,1H3,(H,14,16). The summed E-state index contributed by atoms with van der Waals surface area (Å²) in [5.74, 6) is -0.170. The summed E-state index contributed by atoms with van der Waals surface area (Å²) in [6, 6.07) is 5.47. The first-order chi connectivity index (χ1) is 8.13. The van der Waals surface area contributed by atoms with Gasteiger partial charge in [0.15, 0.2) is 6.10 Å². The van der Waals surface area contributed by atoms with Crippen molar-refractivity contribution in [1.82, 2.24) is 5.32 Å². The molecule has 0 saturated carbocycles. The number of hydrogen-bond acceptors (Lipinski definition) is 3. The van der Waals surface area contributed by atoms with Crippen molar-refractivity contribution in [2.24, 2.45) is 0 Å². The topological polar surface area (TPSA) is 58.6 Å². The number of aliphatic hydroxyl groups is 1. The number of benzene rings is 1. The van der Waals surface area contributed by atoms with E-state index in [-0.39, 0.29) is 18.3 Å². The highest BCUT2D eigenvalue weighted by atomic mass is 19.1. The Morgan fingerprint density at radius 2 is 2.12 bits per heavy atom. The fourth-order valence-corrected chi connectivity index (χ4v) is 1.21. The molecule has 0 aliphatic rings. The Balaban J connectivity index is 2.40. The van der Waals surface area contributed by atoms with Crippen LogP contribution in [0, 0.1) is 5.82 Å². The van der Waals surface area contributed by atoms with Gasteiger partial charge in [-0.25, -0.2) is 4.39 Å². The Hall–Kier alpha value is -1.62. The Labute approximate surface area is 99.4 Å². The van der Waals surface area contributed by atoms with Crippen molar-refractivity contribution < 1.29 is 19.0 Å². The van der Waals surface area contributed by atoms with E-state index in [1.165, 1.54) is 24.3 Å². The number of rotatable bonds is 6. The molecular formula is C12H16FNO3. The first kappa shape index (κ1) is 13.4. The SMILES string of the molecule is CC(Oc1ccc(F)cc1)C(=O)NCCCO. The fourth-order valence-electron chi connectivity index (χ4n) is 1.21. The molecule has 0 bridgehead atoms. The van der Waals surface area contributed by atoms with Gasteiger partial charge < -0.3 is 15.2 Å². The molecule has 0 radical (unpaired) electrons. The molecule has 1 atom stereocenters. The molecule has 2 N–H and O–H groups in total. The van der Waals surface area contributed by atoms with Crippen molar-refractivity contribution >= 4 is 5.91 Å². The van der Waals surface area contributed by atoms with Gasteiger partial charge in [0.05, 0.1) is 0 Å². The summed E-state index contributed by atoms with van der Waals surface area (Å²) in [5, 5.41) is 11.2. The summed E-state index contributed by atoms with van der Waals surface area (Å²) in [7, 11) is 0. The maximum Gasteiger partial charge on any atom is 0.260 e. The summed E-state index contributed by atoms with van der Waals surface area (Å²) < 4.78 is 18.0. The van der Waals surface area contributed by atoms with Crippen LogP contribution >= 0.6 is 0 Å². The number of amides is 1. The predicted molar refractivity (Wildman–Crippen MR) is 61.2 cm³/mol. The van der Waals surface area contributed by atoms with Gasteiger partial charge >= 0.3 is 0 Å². The summed E-state index contributed by atoms with van der Waals surface area (Å²) in [5.41, 5.74) is 0. The van der Waals surface area contributed by atoms with Crippen LogP contribution in [0.1, 0.15) is 13.3 Å². The number of carbonyl (C=O) groups is 1. The van der Waals surface area contributed by atoms with E-state index in [0.29, 0.717) is 18.7 Å². The van der Waals surface area contributed by atoms with Crippen LogP contribution in [-0.2, 0) is 4.79 Å². The Morgan fingerprint density at radius 1 is 1.47 bits per heavy atom. The van der Waals surface area contributed by atoms with E-state index in [0.717, 1.165) is 0 Å². The molecule has 1 unspecified atom stereocenters. The Kier molecular flexibility index (Phi) is 5.42. The van der Waals surface area contributed by atoms with Gasteiger partial charge in [-0.1, -0.05) is 0 Å². The second kappa shape index (κ2) is 6.85. The smallest absolute Gasteiger partial charge is 0.260 e. The lowest BCUT2D eigenvalue weighted by Gasteiger charge is -2.14. The van der Waals surface area contributed by atoms with Gasteiger partial charge in [-0.05, 0) is 37.6 Å². The van der Waals surface area contributed by atoms with Crippen LogP contribution in [0.3, 0.4) is 0 Å². The number of carbonyl (C=O) groups excluding carboxylic acids is 1. The maximum absolute atomic E-state index is 12.6. The highest BCUT2D eigenvalue weighted by molar-refractivity contribution is 5.80. The van der Waals surface area contributed by atoms with Crippen LogP contribution in [0.15, 0.2) is 24.3 Å². The van der Waals surface area contributed by atoms with Gasteiger partial charge in [0.25, 0.3) is 5.91 Å². The average molecular weight is 241 g/mol. The molecular weight excluding hydrogens is 225 g/mol. The van der Waals surface area contributed by atoms with Crippen LogP contribution < -0.4 is 10.1 Å². The normalized spacial score (nSPS) is 11.9. The molecule has 1 aromatic carbocycles. The fraction of sp³-hybridized carbons (Fsp3) is 0.417. The van der Waals surface area contributed by atoms with Crippen molar-refractivity contribution in [3.05, 3.63) is 30.1 Å². The van der Waals surface area contributed by atoms with Gasteiger partial charge in [-0.3, -0.25) is 4.79 Å². The molecule has 94 valence electrons. The molecule has 0 aliphatic carbocycles. The number of nitrogens with one attached hydrogen (secondary N) is 1. The third-order valence-electron chi connectivity index (χ3n) is 2.13. The van der Waals surface area contributed by atoms with Gasteiger partial charge in [0, 0.05) is 13.2 Å². The number of aliphatic hydroxyl groups excluding tert-OH is 1. The first-order valence-electron chi connectivity index (χ1n) is 5.44. The molecule has 1 rings (SSSR count). The first-order valence-corrected chi connectivity index (χ1v) is 5.44. The minimum atomic E-state index is -0.654. The van der Waals surface area contributed by atoms with Gasteiger partial charge in [-0.15, -0.1) is 0 Å². The number of hydrogen-bond donors (Lipinski definition) is 2. The minimum Gasteiger partial charge on any atom is -0.481 e. The number of ether oxygens (including phenoxy) is 1. The molecule has 4 nitrogen and oxygen atoms in total. The molecule has 0 fully saturated rings. The molecule has 0 spiro atoms. The molecule has 0 aliphatic heterocycles. The van der Waals surface area contributed by atoms with E-state index >= 15 is 0 Å². The van der Waals surface area contributed by atoms with E-state index in [2.05, 4.69) is 5.32 Å². The highest BCUT2D eigenvalue weighted by Gasteiger charge is 2.13. The second-order valence-corrected chi connectivity index (χ2v) is 3.58. The van der Waals surface area contributed by atoms with E-state index in [9.17, 15) is 9.18 Å². The zero-order chi connectivity index (χ0) is 12.7. The van der Waals surface area contributed by atoms with Crippen molar-refractivity contribution in [1.29, 1.82) is 0 Å². The summed E-state index contributed by atoms with van der Waals surface area (Å²) in [4.78, 5) is 11.5. The molecule has 5 heteroatoms. The van der Waals surface area contributed by atoms with Crippen molar-refractivity contribution in [2.75, 3.05) is 13.2 Å². The monoisotopic (exact) mass is 241 g/mol. The molecule has 17 heavy (non-hydrogen) atoms. The zero-order valence-electron chi connectivity index (χ0n) is 9.65. The van der Waals surface area contributed by atoms with Gasteiger partial charge in [0.2, 0.25) is 0 Å². The second-order valence-electron chi connectivity index (χ2n) is 3.58. The van der Waals surface area contributed by atoms with E-state index in [1.54, 1.807) is 6.92 Å². The Bertz CT molecular complexity index is 353. The Morgan fingerprint density at radius 3 is 2.71 bits per heavy atom. The van der Waals surface area contributed by atoms with Gasteiger partial charge in [-0.2, -0.15) is 0 Å². The summed E-state index contributed by atoms with van der Waals surface area (Å²) in [6.45, 7) is 2.05. The molecule has 0 aromatic heterocycles. The van der Waals surface area contributed by atoms with E-state index in [4.69, 9.17) is 9.84 Å². The van der Waals surface area contributed by atoms with Crippen LogP contribution in [-0.4, -0.2) is 30.3 Å². The largest absolute Gasteiger partial charge is 0.481 e.